The quantitative estimate of drug-likeness (QED) is 0.643. The van der Waals surface area contributed by atoms with Crippen LogP contribution in [0.1, 0.15) is 62.5 Å². The standard InChI is InChI=1S/C22H33FN4O4/c1-4-27(22(30)19(29)13-24-15(3)28)12-11-26-9-7-16(8-10-26)20-17-5-6-18(23)14(2)21(17)31-25-20/h5-6,14,16,18-19,29H,4,7-13H2,1-3H3,(H,24,28). The Balaban J connectivity index is 1.48. The molecule has 0 radical (unpaired) electrons. The van der Waals surface area contributed by atoms with Crippen LogP contribution in [0.5, 0.6) is 0 Å². The van der Waals surface area contributed by atoms with Crippen molar-refractivity contribution in [2.75, 3.05) is 39.3 Å². The molecule has 1 aliphatic carbocycles. The zero-order valence-corrected chi connectivity index (χ0v) is 18.5. The Bertz CT molecular complexity index is 803. The van der Waals surface area contributed by atoms with E-state index in [0.29, 0.717) is 18.8 Å². The van der Waals surface area contributed by atoms with E-state index in [1.807, 2.05) is 13.8 Å². The molecule has 8 nitrogen and oxygen atoms in total. The normalized spacial score (nSPS) is 22.7. The molecule has 0 saturated carbocycles. The average Bonchev–Trinajstić information content (AvgIpc) is 3.20. The number of likely N-dealkylation sites (tertiary alicyclic amines) is 1. The summed E-state index contributed by atoms with van der Waals surface area (Å²) in [7, 11) is 0. The predicted molar refractivity (Wildman–Crippen MR) is 114 cm³/mol. The SMILES string of the molecule is CCN(CCN1CCC(c2noc3c2C=CC(F)C3C)CC1)C(=O)C(O)CNC(C)=O. The number of allylic oxidation sites excluding steroid dienone is 1. The first-order valence-electron chi connectivity index (χ1n) is 11.1. The number of aliphatic hydroxyl groups is 1. The number of aromatic nitrogens is 1. The molecule has 0 aromatic carbocycles. The molecule has 1 fully saturated rings. The van der Waals surface area contributed by atoms with Gasteiger partial charge in [-0.3, -0.25) is 9.59 Å². The third-order valence-electron chi connectivity index (χ3n) is 6.30. The second kappa shape index (κ2) is 10.4. The lowest BCUT2D eigenvalue weighted by molar-refractivity contribution is -0.140. The highest BCUT2D eigenvalue weighted by molar-refractivity contribution is 5.82. The Hall–Kier alpha value is -2.26. The van der Waals surface area contributed by atoms with Gasteiger partial charge in [0.15, 0.2) is 0 Å². The number of carbonyl (C=O) groups excluding carboxylic acids is 2. The van der Waals surface area contributed by atoms with E-state index in [2.05, 4.69) is 15.4 Å². The average molecular weight is 437 g/mol. The fourth-order valence-electron chi connectivity index (χ4n) is 4.27. The lowest BCUT2D eigenvalue weighted by Gasteiger charge is -2.33. The maximum atomic E-state index is 13.9. The zero-order chi connectivity index (χ0) is 22.5. The van der Waals surface area contributed by atoms with E-state index in [-0.39, 0.29) is 30.2 Å². The van der Waals surface area contributed by atoms with E-state index >= 15 is 0 Å². The molecule has 2 heterocycles. The summed E-state index contributed by atoms with van der Waals surface area (Å²) in [4.78, 5) is 27.3. The summed E-state index contributed by atoms with van der Waals surface area (Å²) in [6.45, 7) is 8.45. The van der Waals surface area contributed by atoms with Gasteiger partial charge >= 0.3 is 0 Å². The van der Waals surface area contributed by atoms with Gasteiger partial charge in [0.1, 0.15) is 18.0 Å². The van der Waals surface area contributed by atoms with Gasteiger partial charge in [0, 0.05) is 38.0 Å². The number of piperidine rings is 1. The number of hydrogen-bond acceptors (Lipinski definition) is 6. The minimum absolute atomic E-state index is 0.0751. The molecule has 31 heavy (non-hydrogen) atoms. The maximum Gasteiger partial charge on any atom is 0.253 e. The Kier molecular flexibility index (Phi) is 7.83. The van der Waals surface area contributed by atoms with Crippen molar-refractivity contribution in [2.24, 2.45) is 0 Å². The third-order valence-corrected chi connectivity index (χ3v) is 6.30. The van der Waals surface area contributed by atoms with Gasteiger partial charge in [-0.1, -0.05) is 18.2 Å². The summed E-state index contributed by atoms with van der Waals surface area (Å²) in [5.41, 5.74) is 1.87. The number of amides is 2. The minimum atomic E-state index is -1.23. The molecule has 2 amide bonds. The zero-order valence-electron chi connectivity index (χ0n) is 18.5. The Labute approximate surface area is 182 Å². The number of hydrogen-bond donors (Lipinski definition) is 2. The Morgan fingerprint density at radius 3 is 2.77 bits per heavy atom. The molecule has 3 rings (SSSR count). The highest BCUT2D eigenvalue weighted by atomic mass is 19.1. The van der Waals surface area contributed by atoms with Crippen LogP contribution in [0, 0.1) is 0 Å². The lowest BCUT2D eigenvalue weighted by Crippen LogP contribution is -2.47. The van der Waals surface area contributed by atoms with E-state index < -0.39 is 12.3 Å². The fourth-order valence-corrected chi connectivity index (χ4v) is 4.27. The molecule has 1 aromatic heterocycles. The van der Waals surface area contributed by atoms with Crippen molar-refractivity contribution in [1.29, 1.82) is 0 Å². The molecule has 3 atom stereocenters. The van der Waals surface area contributed by atoms with Crippen LogP contribution < -0.4 is 5.32 Å². The van der Waals surface area contributed by atoms with Gasteiger partial charge in [-0.25, -0.2) is 4.39 Å². The van der Waals surface area contributed by atoms with Crippen molar-refractivity contribution in [2.45, 2.75) is 57.7 Å². The number of alkyl halides is 1. The van der Waals surface area contributed by atoms with Crippen molar-refractivity contribution in [1.82, 2.24) is 20.3 Å². The smallest absolute Gasteiger partial charge is 0.253 e. The van der Waals surface area contributed by atoms with E-state index in [0.717, 1.165) is 43.7 Å². The largest absolute Gasteiger partial charge is 0.381 e. The molecule has 2 aliphatic rings. The van der Waals surface area contributed by atoms with E-state index in [1.165, 1.54) is 6.92 Å². The summed E-state index contributed by atoms with van der Waals surface area (Å²) >= 11 is 0. The van der Waals surface area contributed by atoms with Crippen LogP contribution in [0.15, 0.2) is 10.6 Å². The molecule has 3 unspecified atom stereocenters. The topological polar surface area (TPSA) is 98.9 Å². The number of carbonyl (C=O) groups is 2. The first kappa shape index (κ1) is 23.4. The van der Waals surface area contributed by atoms with Crippen LogP contribution in [0.3, 0.4) is 0 Å². The minimum Gasteiger partial charge on any atom is -0.381 e. The van der Waals surface area contributed by atoms with E-state index in [9.17, 15) is 19.1 Å². The monoisotopic (exact) mass is 436 g/mol. The highest BCUT2D eigenvalue weighted by Gasteiger charge is 2.32. The number of fused-ring (bicyclic) bond motifs is 1. The number of halogens is 1. The van der Waals surface area contributed by atoms with Crippen LogP contribution in [-0.2, 0) is 9.59 Å². The molecular formula is C22H33FN4O4. The summed E-state index contributed by atoms with van der Waals surface area (Å²) in [6, 6.07) is 0. The van der Waals surface area contributed by atoms with Crippen molar-refractivity contribution in [3.63, 3.8) is 0 Å². The van der Waals surface area contributed by atoms with Gasteiger partial charge in [0.25, 0.3) is 5.91 Å². The summed E-state index contributed by atoms with van der Waals surface area (Å²) < 4.78 is 19.4. The fraction of sp³-hybridized carbons (Fsp3) is 0.682. The van der Waals surface area contributed by atoms with Crippen molar-refractivity contribution in [3.8, 4) is 0 Å². The number of rotatable bonds is 8. The van der Waals surface area contributed by atoms with Crippen LogP contribution in [0.25, 0.3) is 6.08 Å². The van der Waals surface area contributed by atoms with Gasteiger partial charge in [0.05, 0.1) is 18.2 Å². The molecule has 0 spiro atoms. The molecule has 1 aliphatic heterocycles. The van der Waals surface area contributed by atoms with Gasteiger partial charge in [-0.15, -0.1) is 0 Å². The van der Waals surface area contributed by atoms with Crippen LogP contribution >= 0.6 is 0 Å². The van der Waals surface area contributed by atoms with Crippen LogP contribution in [0.2, 0.25) is 0 Å². The molecule has 2 N–H and O–H groups in total. The molecular weight excluding hydrogens is 403 g/mol. The molecule has 1 aromatic rings. The van der Waals surface area contributed by atoms with Gasteiger partial charge in [-0.2, -0.15) is 0 Å². The summed E-state index contributed by atoms with van der Waals surface area (Å²) in [5.74, 6) is -0.0320. The molecule has 1 saturated heterocycles. The molecule has 0 bridgehead atoms. The number of likely N-dealkylation sites (N-methyl/N-ethyl adjacent to an activating group) is 1. The van der Waals surface area contributed by atoms with Gasteiger partial charge < -0.3 is 24.7 Å². The third kappa shape index (κ3) is 5.51. The number of nitrogens with zero attached hydrogens (tertiary/aromatic N) is 3. The van der Waals surface area contributed by atoms with Crippen molar-refractivity contribution in [3.05, 3.63) is 23.1 Å². The summed E-state index contributed by atoms with van der Waals surface area (Å²) in [6.07, 6.45) is 2.97. The van der Waals surface area contributed by atoms with E-state index in [1.54, 1.807) is 17.1 Å². The number of aliphatic hydroxyl groups excluding tert-OH is 1. The summed E-state index contributed by atoms with van der Waals surface area (Å²) in [5, 5.41) is 16.8. The van der Waals surface area contributed by atoms with Crippen LogP contribution in [-0.4, -0.2) is 83.4 Å². The van der Waals surface area contributed by atoms with Gasteiger partial charge in [-0.05, 0) is 38.9 Å². The Morgan fingerprint density at radius 2 is 2.13 bits per heavy atom. The lowest BCUT2D eigenvalue weighted by atomic mass is 9.86. The molecule has 172 valence electrons. The number of nitrogens with one attached hydrogen (secondary N) is 1. The predicted octanol–water partition coefficient (Wildman–Crippen LogP) is 1.67. The van der Waals surface area contributed by atoms with Crippen molar-refractivity contribution >= 4 is 17.9 Å². The van der Waals surface area contributed by atoms with Gasteiger partial charge in [0.2, 0.25) is 5.91 Å². The Morgan fingerprint density at radius 1 is 1.42 bits per heavy atom. The molecule has 9 heteroatoms. The second-order valence-electron chi connectivity index (χ2n) is 8.42. The van der Waals surface area contributed by atoms with Crippen molar-refractivity contribution < 1.29 is 23.6 Å². The maximum absolute atomic E-state index is 13.9. The second-order valence-corrected chi connectivity index (χ2v) is 8.42. The van der Waals surface area contributed by atoms with Crippen LogP contribution in [0.4, 0.5) is 4.39 Å². The van der Waals surface area contributed by atoms with E-state index in [4.69, 9.17) is 4.52 Å². The highest BCUT2D eigenvalue weighted by Crippen LogP contribution is 2.38. The first-order valence-corrected chi connectivity index (χ1v) is 11.1. The first-order chi connectivity index (χ1) is 14.8.